The van der Waals surface area contributed by atoms with Gasteiger partial charge < -0.3 is 20.5 Å². The van der Waals surface area contributed by atoms with Gasteiger partial charge in [-0.1, -0.05) is 6.07 Å². The number of rotatable bonds is 9. The van der Waals surface area contributed by atoms with E-state index < -0.39 is 5.60 Å². The molecule has 1 aromatic heterocycles. The highest BCUT2D eigenvalue weighted by Crippen LogP contribution is 2.48. The van der Waals surface area contributed by atoms with Gasteiger partial charge in [0.25, 0.3) is 0 Å². The number of nitrogens with zero attached hydrogens (tertiary/aromatic N) is 1. The summed E-state index contributed by atoms with van der Waals surface area (Å²) in [6, 6.07) is 3.90. The highest BCUT2D eigenvalue weighted by Gasteiger charge is 2.41. The van der Waals surface area contributed by atoms with Gasteiger partial charge in [-0.05, 0) is 50.0 Å². The van der Waals surface area contributed by atoms with Crippen LogP contribution in [0.4, 0.5) is 0 Å². The molecule has 1 saturated carbocycles. The van der Waals surface area contributed by atoms with Crippen LogP contribution in [0.3, 0.4) is 0 Å². The Morgan fingerprint density at radius 1 is 1.48 bits per heavy atom. The minimum atomic E-state index is -0.927. The van der Waals surface area contributed by atoms with Gasteiger partial charge in [-0.2, -0.15) is 0 Å². The Morgan fingerprint density at radius 3 is 2.83 bits per heavy atom. The second kappa shape index (κ2) is 8.13. The van der Waals surface area contributed by atoms with Crippen LogP contribution in [-0.2, 0) is 10.3 Å². The van der Waals surface area contributed by atoms with Crippen molar-refractivity contribution in [3.8, 4) is 0 Å². The summed E-state index contributed by atoms with van der Waals surface area (Å²) >= 11 is 1.56. The topological polar surface area (TPSA) is 65.9 Å². The van der Waals surface area contributed by atoms with E-state index in [-0.39, 0.29) is 0 Å². The molecule has 23 heavy (non-hydrogen) atoms. The first-order valence-electron chi connectivity index (χ1n) is 8.29. The molecule has 0 amide bonds. The van der Waals surface area contributed by atoms with Crippen molar-refractivity contribution in [2.45, 2.75) is 38.7 Å². The molecule has 2 rings (SSSR count). The van der Waals surface area contributed by atoms with Gasteiger partial charge in [-0.25, -0.2) is 4.99 Å². The van der Waals surface area contributed by atoms with E-state index in [2.05, 4.69) is 15.6 Å². The lowest BCUT2D eigenvalue weighted by molar-refractivity contribution is 0.0711. The van der Waals surface area contributed by atoms with Crippen molar-refractivity contribution in [2.24, 2.45) is 10.4 Å². The van der Waals surface area contributed by atoms with Gasteiger partial charge >= 0.3 is 0 Å². The molecule has 1 heterocycles. The Morgan fingerprint density at radius 2 is 2.26 bits per heavy atom. The molecular formula is C17H29N3O2S. The van der Waals surface area contributed by atoms with Gasteiger partial charge in [-0.3, -0.25) is 0 Å². The summed E-state index contributed by atoms with van der Waals surface area (Å²) in [5, 5.41) is 19.2. The number of nitrogens with one attached hydrogen (secondary N) is 2. The van der Waals surface area contributed by atoms with Crippen LogP contribution >= 0.6 is 11.3 Å². The van der Waals surface area contributed by atoms with Crippen LogP contribution in [0.5, 0.6) is 0 Å². The van der Waals surface area contributed by atoms with E-state index in [4.69, 9.17) is 4.74 Å². The first kappa shape index (κ1) is 18.2. The lowest BCUT2D eigenvalue weighted by atomic mass is 10.0. The normalized spacial score (nSPS) is 19.2. The van der Waals surface area contributed by atoms with Crippen molar-refractivity contribution >= 4 is 17.3 Å². The molecule has 1 aliphatic carbocycles. The van der Waals surface area contributed by atoms with Crippen molar-refractivity contribution in [2.75, 3.05) is 33.4 Å². The molecule has 0 aromatic carbocycles. The fourth-order valence-electron chi connectivity index (χ4n) is 2.52. The molecule has 1 fully saturated rings. The molecular weight excluding hydrogens is 310 g/mol. The molecule has 1 unspecified atom stereocenters. The summed E-state index contributed by atoms with van der Waals surface area (Å²) in [6.45, 7) is 6.72. The molecule has 0 bridgehead atoms. The monoisotopic (exact) mass is 339 g/mol. The van der Waals surface area contributed by atoms with Crippen LogP contribution < -0.4 is 10.6 Å². The molecule has 130 valence electrons. The molecule has 1 aromatic rings. The summed E-state index contributed by atoms with van der Waals surface area (Å²) in [5.74, 6) is 0.771. The third-order valence-electron chi connectivity index (χ3n) is 4.37. The summed E-state index contributed by atoms with van der Waals surface area (Å²) in [7, 11) is 1.75. The van der Waals surface area contributed by atoms with Crippen LogP contribution in [0.15, 0.2) is 22.5 Å². The number of aliphatic hydroxyl groups is 1. The predicted molar refractivity (Wildman–Crippen MR) is 96.0 cm³/mol. The second-order valence-corrected chi connectivity index (χ2v) is 7.49. The number of guanidine groups is 1. The smallest absolute Gasteiger partial charge is 0.191 e. The largest absolute Gasteiger partial charge is 0.385 e. The lowest BCUT2D eigenvalue weighted by Crippen LogP contribution is -2.41. The molecule has 5 nitrogen and oxygen atoms in total. The number of thiophene rings is 1. The van der Waals surface area contributed by atoms with E-state index in [0.29, 0.717) is 12.0 Å². The maximum atomic E-state index is 10.6. The zero-order chi connectivity index (χ0) is 16.8. The van der Waals surface area contributed by atoms with Gasteiger partial charge in [0.05, 0.1) is 6.54 Å². The van der Waals surface area contributed by atoms with Crippen molar-refractivity contribution in [3.05, 3.63) is 22.4 Å². The van der Waals surface area contributed by atoms with E-state index in [1.54, 1.807) is 18.4 Å². The number of aliphatic imine (C=N–C) groups is 1. The first-order valence-corrected chi connectivity index (χ1v) is 9.17. The molecule has 0 aliphatic heterocycles. The third-order valence-corrected chi connectivity index (χ3v) is 5.49. The highest BCUT2D eigenvalue weighted by molar-refractivity contribution is 7.10. The lowest BCUT2D eigenvalue weighted by Gasteiger charge is -2.22. The van der Waals surface area contributed by atoms with Gasteiger partial charge in [-0.15, -0.1) is 11.3 Å². The van der Waals surface area contributed by atoms with Crippen LogP contribution in [0.1, 0.15) is 38.0 Å². The molecule has 1 aliphatic rings. The van der Waals surface area contributed by atoms with Crippen molar-refractivity contribution in [1.82, 2.24) is 10.6 Å². The van der Waals surface area contributed by atoms with Crippen molar-refractivity contribution < 1.29 is 9.84 Å². The summed E-state index contributed by atoms with van der Waals surface area (Å²) in [6.07, 6.45) is 3.58. The third kappa shape index (κ3) is 5.48. The Labute approximate surface area is 143 Å². The Hall–Kier alpha value is -1.11. The fourth-order valence-corrected chi connectivity index (χ4v) is 3.30. The molecule has 0 saturated heterocycles. The highest BCUT2D eigenvalue weighted by atomic mass is 32.1. The molecule has 1 atom stereocenters. The number of ether oxygens (including phenoxy) is 1. The second-order valence-electron chi connectivity index (χ2n) is 6.54. The fraction of sp³-hybridized carbons (Fsp3) is 0.706. The van der Waals surface area contributed by atoms with E-state index in [1.165, 1.54) is 12.8 Å². The minimum Gasteiger partial charge on any atom is -0.385 e. The van der Waals surface area contributed by atoms with E-state index in [1.807, 2.05) is 31.4 Å². The average molecular weight is 340 g/mol. The van der Waals surface area contributed by atoms with Gasteiger partial charge in [0.2, 0.25) is 0 Å². The average Bonchev–Trinajstić information content (AvgIpc) is 3.07. The number of methoxy groups -OCH3 is 1. The summed E-state index contributed by atoms with van der Waals surface area (Å²) < 4.78 is 5.20. The Balaban J connectivity index is 1.90. The maximum absolute atomic E-state index is 10.6. The van der Waals surface area contributed by atoms with E-state index in [0.717, 1.165) is 37.0 Å². The minimum absolute atomic E-state index is 0.341. The van der Waals surface area contributed by atoms with Gasteiger partial charge in [0.15, 0.2) is 5.96 Å². The SMILES string of the molecule is CCNC(=NCC(C)(O)c1cccs1)NCC1(CCOC)CC1. The zero-order valence-corrected chi connectivity index (χ0v) is 15.2. The van der Waals surface area contributed by atoms with Crippen molar-refractivity contribution in [3.63, 3.8) is 0 Å². The standard InChI is InChI=1S/C17H29N3O2S/c1-4-18-15(20-13-17(7-8-17)9-10-22-3)19-12-16(2,21)14-6-5-11-23-14/h5-6,11,21H,4,7-10,12-13H2,1-3H3,(H2,18,19,20). The maximum Gasteiger partial charge on any atom is 0.191 e. The quantitative estimate of drug-likeness (QED) is 0.477. The first-order chi connectivity index (χ1) is 11.0. The van der Waals surface area contributed by atoms with Gasteiger partial charge in [0.1, 0.15) is 5.60 Å². The zero-order valence-electron chi connectivity index (χ0n) is 14.4. The van der Waals surface area contributed by atoms with E-state index in [9.17, 15) is 5.11 Å². The van der Waals surface area contributed by atoms with Crippen LogP contribution in [0.2, 0.25) is 0 Å². The van der Waals surface area contributed by atoms with Crippen LogP contribution in [0.25, 0.3) is 0 Å². The molecule has 0 radical (unpaired) electrons. The van der Waals surface area contributed by atoms with Gasteiger partial charge in [0, 0.05) is 31.7 Å². The van der Waals surface area contributed by atoms with Crippen molar-refractivity contribution in [1.29, 1.82) is 0 Å². The summed E-state index contributed by atoms with van der Waals surface area (Å²) in [5.41, 5.74) is -0.563. The van der Waals surface area contributed by atoms with Crippen LogP contribution in [-0.4, -0.2) is 44.4 Å². The number of hydrogen-bond acceptors (Lipinski definition) is 4. The van der Waals surface area contributed by atoms with Crippen LogP contribution in [0, 0.1) is 5.41 Å². The Kier molecular flexibility index (Phi) is 6.44. The molecule has 3 N–H and O–H groups in total. The number of hydrogen-bond donors (Lipinski definition) is 3. The summed E-state index contributed by atoms with van der Waals surface area (Å²) in [4.78, 5) is 5.51. The Bertz CT molecular complexity index is 496. The van der Waals surface area contributed by atoms with E-state index >= 15 is 0 Å². The molecule has 0 spiro atoms. The molecule has 6 heteroatoms. The predicted octanol–water partition coefficient (Wildman–Crippen LogP) is 2.33.